The highest BCUT2D eigenvalue weighted by Crippen LogP contribution is 1.55. The average molecular weight is 132 g/mol. The first-order chi connectivity index (χ1) is 3.83. The highest BCUT2D eigenvalue weighted by Gasteiger charge is 1.73. The van der Waals surface area contributed by atoms with Crippen LogP contribution in [0.25, 0.3) is 0 Å². The van der Waals surface area contributed by atoms with Gasteiger partial charge in [-0.05, 0) is 6.92 Å². The van der Waals surface area contributed by atoms with Crippen LogP contribution in [-0.2, 0) is 8.85 Å². The molecule has 0 bridgehead atoms. The van der Waals surface area contributed by atoms with E-state index in [1.54, 1.807) is 20.3 Å². The summed E-state index contributed by atoms with van der Waals surface area (Å²) in [5, 5.41) is 0. The molecule has 0 aromatic rings. The molecule has 3 heteroatoms. The molecule has 0 N–H and O–H groups in total. The van der Waals surface area contributed by atoms with Gasteiger partial charge in [-0.15, -0.1) is 6.58 Å². The van der Waals surface area contributed by atoms with Gasteiger partial charge in [-0.3, -0.25) is 0 Å². The second-order valence-electron chi connectivity index (χ2n) is 0.900. The zero-order valence-electron chi connectivity index (χ0n) is 5.60. The van der Waals surface area contributed by atoms with E-state index in [2.05, 4.69) is 15.4 Å². The van der Waals surface area contributed by atoms with Crippen molar-refractivity contribution in [3.63, 3.8) is 0 Å². The van der Waals surface area contributed by atoms with E-state index in [1.807, 2.05) is 6.92 Å². The molecule has 0 spiro atoms. The van der Waals surface area contributed by atoms with E-state index >= 15 is 0 Å². The Morgan fingerprint density at radius 2 is 1.62 bits per heavy atom. The van der Waals surface area contributed by atoms with Gasteiger partial charge in [-0.25, -0.2) is 0 Å². The van der Waals surface area contributed by atoms with Gasteiger partial charge in [0.1, 0.15) is 0 Å². The van der Waals surface area contributed by atoms with Crippen molar-refractivity contribution in [2.75, 3.05) is 14.2 Å². The molecule has 0 saturated heterocycles. The topological polar surface area (TPSA) is 18.5 Å². The summed E-state index contributed by atoms with van der Waals surface area (Å²) in [6.45, 7) is 5.25. The van der Waals surface area contributed by atoms with Crippen LogP contribution >= 0.6 is 0 Å². The minimum absolute atomic E-state index is 0.198. The van der Waals surface area contributed by atoms with Crippen LogP contribution in [0.3, 0.4) is 0 Å². The van der Waals surface area contributed by atoms with Crippen LogP contribution in [0.15, 0.2) is 12.7 Å². The molecule has 2 radical (unpaired) electrons. The summed E-state index contributed by atoms with van der Waals surface area (Å²) in [5.41, 5.74) is 0. The number of hydrogen-bond acceptors (Lipinski definition) is 2. The SMILES string of the molecule is C=CC.CO[Si]OC. The first-order valence-corrected chi connectivity index (χ1v) is 3.03. The molecule has 0 aromatic carbocycles. The lowest BCUT2D eigenvalue weighted by atomic mass is 10.8. The van der Waals surface area contributed by atoms with Crippen molar-refractivity contribution >= 4 is 10.0 Å². The van der Waals surface area contributed by atoms with Crippen molar-refractivity contribution in [2.24, 2.45) is 0 Å². The van der Waals surface area contributed by atoms with Gasteiger partial charge in [0.15, 0.2) is 0 Å². The van der Waals surface area contributed by atoms with E-state index in [0.29, 0.717) is 0 Å². The highest BCUT2D eigenvalue weighted by molar-refractivity contribution is 6.17. The van der Waals surface area contributed by atoms with Gasteiger partial charge in [0.05, 0.1) is 0 Å². The molecule has 0 aliphatic rings. The number of rotatable bonds is 2. The molecule has 8 heavy (non-hydrogen) atoms. The van der Waals surface area contributed by atoms with E-state index in [1.165, 1.54) is 0 Å². The molecule has 0 aliphatic heterocycles. The molecule has 0 saturated carbocycles. The van der Waals surface area contributed by atoms with Crippen molar-refractivity contribution < 1.29 is 8.85 Å². The monoisotopic (exact) mass is 132 g/mol. The molecule has 0 amide bonds. The van der Waals surface area contributed by atoms with Gasteiger partial charge in [0.2, 0.25) is 0 Å². The van der Waals surface area contributed by atoms with Gasteiger partial charge in [-0.1, -0.05) is 6.08 Å². The molecule has 2 nitrogen and oxygen atoms in total. The molecule has 0 heterocycles. The Labute approximate surface area is 53.6 Å². The molecular formula is C5H12O2Si. The first-order valence-electron chi connectivity index (χ1n) is 2.21. The zero-order chi connectivity index (χ0) is 6.83. The van der Waals surface area contributed by atoms with E-state index < -0.39 is 0 Å². The van der Waals surface area contributed by atoms with Crippen LogP contribution in [0.1, 0.15) is 6.92 Å². The summed E-state index contributed by atoms with van der Waals surface area (Å²) in [7, 11) is 3.40. The van der Waals surface area contributed by atoms with E-state index in [-0.39, 0.29) is 10.0 Å². The summed E-state index contributed by atoms with van der Waals surface area (Å²) in [6, 6.07) is 0. The lowest BCUT2D eigenvalue weighted by Crippen LogP contribution is -1.93. The first kappa shape index (κ1) is 10.8. The Balaban J connectivity index is 0. The molecule has 0 unspecified atom stereocenters. The maximum Gasteiger partial charge on any atom is 0.432 e. The third kappa shape index (κ3) is 39.7. The standard InChI is InChI=1S/C3H6.C2H6O2Si/c1-3-2;1-3-5-4-2/h3H,1H2,2H3;1-2H3. The Morgan fingerprint density at radius 1 is 1.38 bits per heavy atom. The molecule has 0 aromatic heterocycles. The van der Waals surface area contributed by atoms with E-state index in [0.717, 1.165) is 0 Å². The summed E-state index contributed by atoms with van der Waals surface area (Å²) < 4.78 is 8.99. The van der Waals surface area contributed by atoms with Crippen molar-refractivity contribution in [3.05, 3.63) is 12.7 Å². The summed E-state index contributed by atoms with van der Waals surface area (Å²) in [6.07, 6.45) is 1.75. The van der Waals surface area contributed by atoms with Gasteiger partial charge in [-0.2, -0.15) is 0 Å². The van der Waals surface area contributed by atoms with Gasteiger partial charge in [0, 0.05) is 14.2 Å². The third-order valence-corrected chi connectivity index (χ3v) is 0.500. The Kier molecular flexibility index (Phi) is 21.3. The Morgan fingerprint density at radius 3 is 1.62 bits per heavy atom. The number of allylic oxidation sites excluding steroid dienone is 1. The fourth-order valence-electron chi connectivity index (χ4n) is 0.0833. The van der Waals surface area contributed by atoms with Gasteiger partial charge < -0.3 is 8.85 Å². The zero-order valence-corrected chi connectivity index (χ0v) is 6.60. The molecule has 0 fully saturated rings. The van der Waals surface area contributed by atoms with Crippen LogP contribution < -0.4 is 0 Å². The summed E-state index contributed by atoms with van der Waals surface area (Å²) in [4.78, 5) is 0. The summed E-state index contributed by atoms with van der Waals surface area (Å²) >= 11 is 0. The van der Waals surface area contributed by atoms with Crippen LogP contribution in [0.5, 0.6) is 0 Å². The van der Waals surface area contributed by atoms with E-state index in [9.17, 15) is 0 Å². The van der Waals surface area contributed by atoms with Crippen LogP contribution in [0, 0.1) is 0 Å². The fraction of sp³-hybridized carbons (Fsp3) is 0.600. The van der Waals surface area contributed by atoms with Gasteiger partial charge in [0.25, 0.3) is 0 Å². The second kappa shape index (κ2) is 15.8. The number of hydrogen-bond donors (Lipinski definition) is 0. The smallest absolute Gasteiger partial charge is 0.396 e. The minimum Gasteiger partial charge on any atom is -0.396 e. The largest absolute Gasteiger partial charge is 0.432 e. The molecule has 0 aliphatic carbocycles. The lowest BCUT2D eigenvalue weighted by Gasteiger charge is -1.82. The van der Waals surface area contributed by atoms with E-state index in [4.69, 9.17) is 0 Å². The van der Waals surface area contributed by atoms with Crippen molar-refractivity contribution in [3.8, 4) is 0 Å². The highest BCUT2D eigenvalue weighted by atomic mass is 28.3. The fourth-order valence-corrected chi connectivity index (χ4v) is 0.250. The predicted molar refractivity (Wildman–Crippen MR) is 35.6 cm³/mol. The van der Waals surface area contributed by atoms with Crippen LogP contribution in [0.4, 0.5) is 0 Å². The molecule has 0 atom stereocenters. The van der Waals surface area contributed by atoms with Gasteiger partial charge >= 0.3 is 10.0 Å². The van der Waals surface area contributed by atoms with Crippen LogP contribution in [-0.4, -0.2) is 24.2 Å². The Hall–Kier alpha value is -0.123. The molecule has 0 rings (SSSR count). The summed E-state index contributed by atoms with van der Waals surface area (Å²) in [5.74, 6) is 0. The maximum atomic E-state index is 4.50. The predicted octanol–water partition coefficient (Wildman–Crippen LogP) is 1.01. The maximum absolute atomic E-state index is 4.50. The molecular weight excluding hydrogens is 120 g/mol. The van der Waals surface area contributed by atoms with Crippen LogP contribution in [0.2, 0.25) is 0 Å². The normalized spacial score (nSPS) is 6.88. The van der Waals surface area contributed by atoms with Crippen molar-refractivity contribution in [2.45, 2.75) is 6.92 Å². The average Bonchev–Trinajstić information content (AvgIpc) is 1.71. The quantitative estimate of drug-likeness (QED) is 0.412. The minimum atomic E-state index is 0.198. The third-order valence-electron chi connectivity index (χ3n) is 0.167. The Bertz CT molecular complexity index is 37.4. The lowest BCUT2D eigenvalue weighted by molar-refractivity contribution is 0.309. The van der Waals surface area contributed by atoms with Crippen molar-refractivity contribution in [1.29, 1.82) is 0 Å². The van der Waals surface area contributed by atoms with Crippen molar-refractivity contribution in [1.82, 2.24) is 0 Å². The second-order valence-corrected chi connectivity index (χ2v) is 1.88. The molecule has 48 valence electrons.